The van der Waals surface area contributed by atoms with Gasteiger partial charge in [-0.2, -0.15) is 9.78 Å². The van der Waals surface area contributed by atoms with E-state index in [0.29, 0.717) is 5.56 Å². The Balaban J connectivity index is 2.29. The van der Waals surface area contributed by atoms with Gasteiger partial charge in [0.15, 0.2) is 5.82 Å². The predicted molar refractivity (Wildman–Crippen MR) is 96.3 cm³/mol. The molecule has 0 atom stereocenters. The molecule has 1 aromatic carbocycles. The number of carbonyl (C=O) groups is 1. The molecule has 0 unspecified atom stereocenters. The zero-order valence-electron chi connectivity index (χ0n) is 14.9. The van der Waals surface area contributed by atoms with Crippen LogP contribution in [0.4, 0.5) is 8.78 Å². The van der Waals surface area contributed by atoms with Crippen LogP contribution in [0.15, 0.2) is 47.5 Å². The van der Waals surface area contributed by atoms with Crippen molar-refractivity contribution in [2.24, 2.45) is 0 Å². The maximum atomic E-state index is 13.2. The van der Waals surface area contributed by atoms with E-state index < -0.39 is 18.0 Å². The average Bonchev–Trinajstić information content (AvgIpc) is 2.66. The summed E-state index contributed by atoms with van der Waals surface area (Å²) in [5.74, 6) is -1.05. The van der Waals surface area contributed by atoms with Crippen molar-refractivity contribution >= 4 is 5.97 Å². The van der Waals surface area contributed by atoms with Crippen molar-refractivity contribution in [1.82, 2.24) is 14.8 Å². The van der Waals surface area contributed by atoms with Crippen LogP contribution < -0.4 is 10.3 Å². The topological polar surface area (TPSA) is 94.3 Å². The Morgan fingerprint density at radius 3 is 2.54 bits per heavy atom. The monoisotopic (exact) mass is 387 g/mol. The first-order chi connectivity index (χ1) is 13.3. The van der Waals surface area contributed by atoms with Gasteiger partial charge in [0.1, 0.15) is 5.75 Å². The third-order valence-electron chi connectivity index (χ3n) is 4.04. The van der Waals surface area contributed by atoms with Crippen LogP contribution in [0.3, 0.4) is 0 Å². The number of aryl methyl sites for hydroxylation is 1. The number of methoxy groups -OCH3 is 1. The Bertz CT molecular complexity index is 1110. The van der Waals surface area contributed by atoms with E-state index in [1.807, 2.05) is 0 Å². The van der Waals surface area contributed by atoms with Crippen LogP contribution in [0.1, 0.15) is 27.9 Å². The van der Waals surface area contributed by atoms with Gasteiger partial charge in [-0.15, -0.1) is 0 Å². The van der Waals surface area contributed by atoms with E-state index in [2.05, 4.69) is 10.1 Å². The molecule has 9 heteroatoms. The van der Waals surface area contributed by atoms with E-state index in [-0.39, 0.29) is 33.8 Å². The summed E-state index contributed by atoms with van der Waals surface area (Å²) in [6, 6.07) is 6.33. The van der Waals surface area contributed by atoms with E-state index in [4.69, 9.17) is 4.74 Å². The van der Waals surface area contributed by atoms with Crippen LogP contribution in [0.5, 0.6) is 5.75 Å². The van der Waals surface area contributed by atoms with Crippen molar-refractivity contribution in [3.8, 4) is 22.7 Å². The highest BCUT2D eigenvalue weighted by Gasteiger charge is 2.20. The molecule has 0 fully saturated rings. The molecule has 0 spiro atoms. The predicted octanol–water partition coefficient (Wildman–Crippen LogP) is 3.25. The number of rotatable bonds is 5. The smallest absolute Gasteiger partial charge is 0.337 e. The Kier molecular flexibility index (Phi) is 5.16. The molecule has 7 nitrogen and oxygen atoms in total. The van der Waals surface area contributed by atoms with Crippen molar-refractivity contribution in [3.05, 3.63) is 69.8 Å². The van der Waals surface area contributed by atoms with Gasteiger partial charge in [-0.1, -0.05) is 0 Å². The second kappa shape index (κ2) is 7.55. The van der Waals surface area contributed by atoms with Crippen LogP contribution in [-0.4, -0.2) is 33.0 Å². The lowest BCUT2D eigenvalue weighted by Crippen LogP contribution is -2.21. The standard InChI is InChI=1S/C19H15F2N3O4/c1-10-5-17(25)24(23-8-10)16-7-12(14(9-22-16)19(26)27)13-6-11(18(20)21)3-4-15(13)28-2/h3-9,18H,1-2H3,(H,26,27). The molecule has 0 saturated carbocycles. The first-order valence-electron chi connectivity index (χ1n) is 8.08. The molecule has 28 heavy (non-hydrogen) atoms. The number of carboxylic acids is 1. The van der Waals surface area contributed by atoms with Gasteiger partial charge in [-0.3, -0.25) is 4.79 Å². The zero-order chi connectivity index (χ0) is 20.4. The number of aromatic carboxylic acids is 1. The van der Waals surface area contributed by atoms with Gasteiger partial charge in [0, 0.05) is 29.0 Å². The van der Waals surface area contributed by atoms with Gasteiger partial charge in [0.05, 0.1) is 18.9 Å². The molecule has 3 aromatic rings. The van der Waals surface area contributed by atoms with E-state index in [1.165, 1.54) is 37.6 Å². The van der Waals surface area contributed by atoms with Crippen molar-refractivity contribution in [1.29, 1.82) is 0 Å². The van der Waals surface area contributed by atoms with E-state index in [9.17, 15) is 23.5 Å². The number of alkyl halides is 2. The van der Waals surface area contributed by atoms with Crippen LogP contribution in [0.2, 0.25) is 0 Å². The van der Waals surface area contributed by atoms with Crippen LogP contribution >= 0.6 is 0 Å². The molecule has 144 valence electrons. The van der Waals surface area contributed by atoms with Crippen molar-refractivity contribution in [2.45, 2.75) is 13.3 Å². The second-order valence-corrected chi connectivity index (χ2v) is 5.94. The van der Waals surface area contributed by atoms with Gasteiger partial charge in [0.25, 0.3) is 12.0 Å². The molecule has 0 aliphatic heterocycles. The van der Waals surface area contributed by atoms with Gasteiger partial charge < -0.3 is 9.84 Å². The molecule has 3 rings (SSSR count). The Morgan fingerprint density at radius 2 is 1.93 bits per heavy atom. The third kappa shape index (κ3) is 3.59. The summed E-state index contributed by atoms with van der Waals surface area (Å²) < 4.78 is 32.5. The number of halogens is 2. The molecular formula is C19H15F2N3O4. The molecule has 0 radical (unpaired) electrons. The summed E-state index contributed by atoms with van der Waals surface area (Å²) in [5.41, 5.74) is -0.123. The molecular weight excluding hydrogens is 372 g/mol. The SMILES string of the molecule is COc1ccc(C(F)F)cc1-c1cc(-n2ncc(C)cc2=O)ncc1C(=O)O. The molecule has 0 aliphatic rings. The minimum Gasteiger partial charge on any atom is -0.496 e. The number of hydrogen-bond donors (Lipinski definition) is 1. The van der Waals surface area contributed by atoms with Gasteiger partial charge in [0.2, 0.25) is 0 Å². The largest absolute Gasteiger partial charge is 0.496 e. The number of aromatic nitrogens is 3. The molecule has 0 bridgehead atoms. The van der Waals surface area contributed by atoms with Gasteiger partial charge in [-0.05, 0) is 36.8 Å². The van der Waals surface area contributed by atoms with E-state index >= 15 is 0 Å². The molecule has 1 N–H and O–H groups in total. The zero-order valence-corrected chi connectivity index (χ0v) is 14.9. The third-order valence-corrected chi connectivity index (χ3v) is 4.04. The van der Waals surface area contributed by atoms with Crippen LogP contribution in [0, 0.1) is 6.92 Å². The molecule has 0 aliphatic carbocycles. The number of ether oxygens (including phenoxy) is 1. The van der Waals surface area contributed by atoms with Crippen molar-refractivity contribution in [3.63, 3.8) is 0 Å². The molecule has 2 heterocycles. The first-order valence-corrected chi connectivity index (χ1v) is 8.08. The summed E-state index contributed by atoms with van der Waals surface area (Å²) in [6.45, 7) is 1.70. The highest BCUT2D eigenvalue weighted by molar-refractivity contribution is 5.97. The summed E-state index contributed by atoms with van der Waals surface area (Å²) in [7, 11) is 1.34. The fourth-order valence-electron chi connectivity index (χ4n) is 2.70. The molecule has 0 amide bonds. The Hall–Kier alpha value is -3.62. The summed E-state index contributed by atoms with van der Waals surface area (Å²) in [4.78, 5) is 27.8. The normalized spacial score (nSPS) is 10.9. The first kappa shape index (κ1) is 19.2. The minimum atomic E-state index is -2.75. The average molecular weight is 387 g/mol. The number of pyridine rings is 1. The van der Waals surface area contributed by atoms with E-state index in [0.717, 1.165) is 16.9 Å². The van der Waals surface area contributed by atoms with Crippen molar-refractivity contribution < 1.29 is 23.4 Å². The lowest BCUT2D eigenvalue weighted by Gasteiger charge is -2.14. The highest BCUT2D eigenvalue weighted by atomic mass is 19.3. The van der Waals surface area contributed by atoms with Gasteiger partial charge in [-0.25, -0.2) is 18.6 Å². The lowest BCUT2D eigenvalue weighted by atomic mass is 9.98. The summed E-state index contributed by atoms with van der Waals surface area (Å²) >= 11 is 0. The maximum absolute atomic E-state index is 13.2. The fraction of sp³-hybridized carbons (Fsp3) is 0.158. The highest BCUT2D eigenvalue weighted by Crippen LogP contribution is 2.36. The number of carboxylic acid groups (broad SMARTS) is 1. The Labute approximate surface area is 157 Å². The summed E-state index contributed by atoms with van der Waals surface area (Å²) in [6.07, 6.45) is -0.248. The lowest BCUT2D eigenvalue weighted by molar-refractivity contribution is 0.0697. The molecule has 0 saturated heterocycles. The fourth-order valence-corrected chi connectivity index (χ4v) is 2.70. The number of nitrogens with zero attached hydrogens (tertiary/aromatic N) is 3. The number of hydrogen-bond acceptors (Lipinski definition) is 5. The van der Waals surface area contributed by atoms with Crippen molar-refractivity contribution in [2.75, 3.05) is 7.11 Å². The van der Waals surface area contributed by atoms with Gasteiger partial charge >= 0.3 is 5.97 Å². The summed E-state index contributed by atoms with van der Waals surface area (Å²) in [5, 5.41) is 13.5. The van der Waals surface area contributed by atoms with Crippen LogP contribution in [-0.2, 0) is 0 Å². The molecule has 2 aromatic heterocycles. The number of benzene rings is 1. The minimum absolute atomic E-state index is 0.0505. The van der Waals surface area contributed by atoms with Crippen LogP contribution in [0.25, 0.3) is 16.9 Å². The van der Waals surface area contributed by atoms with E-state index in [1.54, 1.807) is 6.92 Å². The Morgan fingerprint density at radius 1 is 1.18 bits per heavy atom. The quantitative estimate of drug-likeness (QED) is 0.722. The maximum Gasteiger partial charge on any atom is 0.337 e. The second-order valence-electron chi connectivity index (χ2n) is 5.94.